The van der Waals surface area contributed by atoms with E-state index in [2.05, 4.69) is 17.2 Å². The molecule has 0 fully saturated rings. The molecule has 0 saturated carbocycles. The number of thiazole rings is 1. The van der Waals surface area contributed by atoms with Crippen LogP contribution in [0.15, 0.2) is 0 Å². The SMILES string of the molecule is CCc1nc(CCOC)sc1CNC. The van der Waals surface area contributed by atoms with Gasteiger partial charge in [-0.15, -0.1) is 11.3 Å². The van der Waals surface area contributed by atoms with Crippen LogP contribution >= 0.6 is 11.3 Å². The first-order chi connectivity index (χ1) is 6.81. The highest BCUT2D eigenvalue weighted by molar-refractivity contribution is 7.11. The molecule has 80 valence electrons. The second-order valence-electron chi connectivity index (χ2n) is 3.10. The fraction of sp³-hybridized carbons (Fsp3) is 0.700. The van der Waals surface area contributed by atoms with Crippen molar-refractivity contribution in [2.24, 2.45) is 0 Å². The maximum Gasteiger partial charge on any atom is 0.0954 e. The van der Waals surface area contributed by atoms with Crippen LogP contribution in [-0.4, -0.2) is 25.7 Å². The number of aryl methyl sites for hydroxylation is 1. The summed E-state index contributed by atoms with van der Waals surface area (Å²) in [6.45, 7) is 3.83. The van der Waals surface area contributed by atoms with E-state index < -0.39 is 0 Å². The van der Waals surface area contributed by atoms with Crippen LogP contribution in [0.3, 0.4) is 0 Å². The van der Waals surface area contributed by atoms with Gasteiger partial charge in [-0.2, -0.15) is 0 Å². The van der Waals surface area contributed by atoms with Crippen molar-refractivity contribution >= 4 is 11.3 Å². The highest BCUT2D eigenvalue weighted by atomic mass is 32.1. The van der Waals surface area contributed by atoms with Gasteiger partial charge in [0.25, 0.3) is 0 Å². The van der Waals surface area contributed by atoms with Crippen LogP contribution in [-0.2, 0) is 24.1 Å². The zero-order valence-corrected chi connectivity index (χ0v) is 9.91. The number of rotatable bonds is 6. The molecule has 0 bridgehead atoms. The zero-order valence-electron chi connectivity index (χ0n) is 9.09. The maximum atomic E-state index is 5.04. The van der Waals surface area contributed by atoms with Crippen LogP contribution in [0, 0.1) is 0 Å². The molecule has 0 aliphatic rings. The predicted octanol–water partition coefficient (Wildman–Crippen LogP) is 1.61. The number of ether oxygens (including phenoxy) is 1. The van der Waals surface area contributed by atoms with E-state index in [0.717, 1.165) is 26.0 Å². The van der Waals surface area contributed by atoms with Crippen molar-refractivity contribution in [1.29, 1.82) is 0 Å². The molecule has 1 aromatic rings. The van der Waals surface area contributed by atoms with E-state index in [4.69, 9.17) is 4.74 Å². The summed E-state index contributed by atoms with van der Waals surface area (Å²) in [4.78, 5) is 5.95. The zero-order chi connectivity index (χ0) is 10.4. The van der Waals surface area contributed by atoms with E-state index in [1.54, 1.807) is 18.4 Å². The first kappa shape index (κ1) is 11.6. The Morgan fingerprint density at radius 3 is 2.86 bits per heavy atom. The van der Waals surface area contributed by atoms with Gasteiger partial charge in [0.15, 0.2) is 0 Å². The van der Waals surface area contributed by atoms with Crippen molar-refractivity contribution in [2.75, 3.05) is 20.8 Å². The van der Waals surface area contributed by atoms with Crippen molar-refractivity contribution in [2.45, 2.75) is 26.3 Å². The molecule has 0 spiro atoms. The predicted molar refractivity (Wildman–Crippen MR) is 59.8 cm³/mol. The lowest BCUT2D eigenvalue weighted by Crippen LogP contribution is -2.05. The lowest BCUT2D eigenvalue weighted by molar-refractivity contribution is 0.202. The highest BCUT2D eigenvalue weighted by Crippen LogP contribution is 2.19. The topological polar surface area (TPSA) is 34.1 Å². The number of hydrogen-bond acceptors (Lipinski definition) is 4. The van der Waals surface area contributed by atoms with Crippen molar-refractivity contribution in [3.63, 3.8) is 0 Å². The van der Waals surface area contributed by atoms with E-state index in [9.17, 15) is 0 Å². The van der Waals surface area contributed by atoms with Gasteiger partial charge in [-0.3, -0.25) is 0 Å². The molecule has 1 heterocycles. The quantitative estimate of drug-likeness (QED) is 0.781. The van der Waals surface area contributed by atoms with Gasteiger partial charge in [-0.25, -0.2) is 4.98 Å². The minimum atomic E-state index is 0.760. The summed E-state index contributed by atoms with van der Waals surface area (Å²) < 4.78 is 5.04. The summed E-state index contributed by atoms with van der Waals surface area (Å²) in [5, 5.41) is 4.36. The molecule has 0 aliphatic carbocycles. The Morgan fingerprint density at radius 1 is 1.50 bits per heavy atom. The molecular weight excluding hydrogens is 196 g/mol. The van der Waals surface area contributed by atoms with Gasteiger partial charge in [0.05, 0.1) is 17.3 Å². The van der Waals surface area contributed by atoms with Crippen LogP contribution in [0.25, 0.3) is 0 Å². The maximum absolute atomic E-state index is 5.04. The molecule has 1 N–H and O–H groups in total. The van der Waals surface area contributed by atoms with Gasteiger partial charge in [0, 0.05) is 25.0 Å². The Hall–Kier alpha value is -0.450. The standard InChI is InChI=1S/C10H18N2OS/c1-4-8-9(7-11-2)14-10(12-8)5-6-13-3/h11H,4-7H2,1-3H3. The number of nitrogens with zero attached hydrogens (tertiary/aromatic N) is 1. The average molecular weight is 214 g/mol. The molecule has 14 heavy (non-hydrogen) atoms. The Kier molecular flexibility index (Phi) is 5.07. The third-order valence-corrected chi connectivity index (χ3v) is 3.17. The van der Waals surface area contributed by atoms with Crippen LogP contribution in [0.5, 0.6) is 0 Å². The molecule has 0 amide bonds. The molecule has 1 aromatic heterocycles. The van der Waals surface area contributed by atoms with Gasteiger partial charge >= 0.3 is 0 Å². The lowest BCUT2D eigenvalue weighted by Gasteiger charge is -1.96. The molecule has 4 heteroatoms. The summed E-state index contributed by atoms with van der Waals surface area (Å²) in [5.74, 6) is 0. The second kappa shape index (κ2) is 6.11. The normalized spacial score (nSPS) is 10.8. The Morgan fingerprint density at radius 2 is 2.29 bits per heavy atom. The molecular formula is C10H18N2OS. The first-order valence-electron chi connectivity index (χ1n) is 4.92. The van der Waals surface area contributed by atoms with Crippen LogP contribution in [0.1, 0.15) is 22.5 Å². The Balaban J connectivity index is 2.67. The average Bonchev–Trinajstić information content (AvgIpc) is 2.58. The third-order valence-electron chi connectivity index (χ3n) is 2.01. The molecule has 0 radical (unpaired) electrons. The summed E-state index contributed by atoms with van der Waals surface area (Å²) in [5.41, 5.74) is 1.23. The second-order valence-corrected chi connectivity index (χ2v) is 4.27. The molecule has 0 unspecified atom stereocenters. The highest BCUT2D eigenvalue weighted by Gasteiger charge is 2.08. The van der Waals surface area contributed by atoms with Crippen molar-refractivity contribution in [3.05, 3.63) is 15.6 Å². The molecule has 3 nitrogen and oxygen atoms in total. The monoisotopic (exact) mass is 214 g/mol. The van der Waals surface area contributed by atoms with Gasteiger partial charge in [0.2, 0.25) is 0 Å². The van der Waals surface area contributed by atoms with E-state index in [1.165, 1.54) is 15.6 Å². The van der Waals surface area contributed by atoms with Crippen molar-refractivity contribution in [1.82, 2.24) is 10.3 Å². The van der Waals surface area contributed by atoms with Crippen LogP contribution < -0.4 is 5.32 Å². The number of hydrogen-bond donors (Lipinski definition) is 1. The number of nitrogens with one attached hydrogen (secondary N) is 1. The fourth-order valence-corrected chi connectivity index (χ4v) is 2.46. The van der Waals surface area contributed by atoms with Crippen LogP contribution in [0.4, 0.5) is 0 Å². The van der Waals surface area contributed by atoms with Crippen LogP contribution in [0.2, 0.25) is 0 Å². The minimum Gasteiger partial charge on any atom is -0.384 e. The fourth-order valence-electron chi connectivity index (χ4n) is 1.31. The molecule has 1 rings (SSSR count). The number of methoxy groups -OCH3 is 1. The van der Waals surface area contributed by atoms with Gasteiger partial charge in [-0.1, -0.05) is 6.92 Å². The summed E-state index contributed by atoms with van der Waals surface area (Å²) >= 11 is 1.79. The molecule has 0 aromatic carbocycles. The smallest absolute Gasteiger partial charge is 0.0954 e. The number of aromatic nitrogens is 1. The summed E-state index contributed by atoms with van der Waals surface area (Å²) in [6, 6.07) is 0. The van der Waals surface area contributed by atoms with Crippen molar-refractivity contribution in [3.8, 4) is 0 Å². The largest absolute Gasteiger partial charge is 0.384 e. The Labute approximate surface area is 89.5 Å². The molecule has 0 saturated heterocycles. The van der Waals surface area contributed by atoms with E-state index in [1.807, 2.05) is 7.05 Å². The first-order valence-corrected chi connectivity index (χ1v) is 5.74. The van der Waals surface area contributed by atoms with E-state index in [0.29, 0.717) is 0 Å². The van der Waals surface area contributed by atoms with E-state index >= 15 is 0 Å². The van der Waals surface area contributed by atoms with Gasteiger partial charge in [0.1, 0.15) is 0 Å². The lowest BCUT2D eigenvalue weighted by atomic mass is 10.3. The van der Waals surface area contributed by atoms with Crippen molar-refractivity contribution < 1.29 is 4.74 Å². The van der Waals surface area contributed by atoms with Gasteiger partial charge < -0.3 is 10.1 Å². The summed E-state index contributed by atoms with van der Waals surface area (Å²) in [6.07, 6.45) is 1.94. The van der Waals surface area contributed by atoms with Gasteiger partial charge in [-0.05, 0) is 13.5 Å². The Bertz CT molecular complexity index is 273. The molecule has 0 atom stereocenters. The molecule has 0 aliphatic heterocycles. The minimum absolute atomic E-state index is 0.760. The third kappa shape index (κ3) is 3.04. The summed E-state index contributed by atoms with van der Waals surface area (Å²) in [7, 11) is 3.69. The van der Waals surface area contributed by atoms with E-state index in [-0.39, 0.29) is 0 Å².